The molecule has 8 heteroatoms. The highest BCUT2D eigenvalue weighted by atomic mass is 35.5. The average molecular weight is 299 g/mol. The van der Waals surface area contributed by atoms with Crippen molar-refractivity contribution in [2.75, 3.05) is 12.3 Å². The van der Waals surface area contributed by atoms with Crippen molar-refractivity contribution in [3.63, 3.8) is 0 Å². The number of halogens is 2. The molecule has 0 spiro atoms. The maximum absolute atomic E-state index is 11.8. The third kappa shape index (κ3) is 3.46. The summed E-state index contributed by atoms with van der Waals surface area (Å²) in [5, 5.41) is 8.93. The summed E-state index contributed by atoms with van der Waals surface area (Å²) in [7, 11) is -3.77. The Labute approximate surface area is 110 Å². The number of hydrogen-bond donors (Lipinski definition) is 3. The molecule has 0 aliphatic carbocycles. The lowest BCUT2D eigenvalue weighted by molar-refractivity contribution is 0.265. The van der Waals surface area contributed by atoms with E-state index in [-0.39, 0.29) is 27.2 Å². The van der Waals surface area contributed by atoms with E-state index in [2.05, 4.69) is 4.72 Å². The van der Waals surface area contributed by atoms with E-state index in [1.165, 1.54) is 19.1 Å². The molecule has 0 radical (unpaired) electrons. The van der Waals surface area contributed by atoms with Crippen molar-refractivity contribution in [2.45, 2.75) is 17.9 Å². The van der Waals surface area contributed by atoms with Crippen molar-refractivity contribution < 1.29 is 13.5 Å². The molecule has 0 saturated carbocycles. The van der Waals surface area contributed by atoms with Crippen molar-refractivity contribution in [3.8, 4) is 0 Å². The van der Waals surface area contributed by atoms with Gasteiger partial charge in [0.15, 0.2) is 0 Å². The summed E-state index contributed by atoms with van der Waals surface area (Å²) < 4.78 is 25.9. The van der Waals surface area contributed by atoms with Crippen LogP contribution in [0.3, 0.4) is 0 Å². The Kier molecular flexibility index (Phi) is 4.62. The summed E-state index contributed by atoms with van der Waals surface area (Å²) in [6.45, 7) is 1.22. The molecule has 0 aliphatic rings. The number of aliphatic hydroxyl groups excluding tert-OH is 1. The molecule has 0 bridgehead atoms. The van der Waals surface area contributed by atoms with E-state index in [4.69, 9.17) is 34.0 Å². The number of nitrogens with two attached hydrogens (primary N) is 1. The maximum Gasteiger partial charge on any atom is 0.240 e. The molecule has 0 aliphatic heterocycles. The molecule has 0 fully saturated rings. The minimum absolute atomic E-state index is 0.0644. The van der Waals surface area contributed by atoms with E-state index >= 15 is 0 Å². The first-order chi connectivity index (χ1) is 7.77. The highest BCUT2D eigenvalue weighted by Crippen LogP contribution is 2.30. The zero-order valence-corrected chi connectivity index (χ0v) is 11.3. The Balaban J connectivity index is 3.16. The van der Waals surface area contributed by atoms with Gasteiger partial charge in [0.2, 0.25) is 10.0 Å². The van der Waals surface area contributed by atoms with Gasteiger partial charge in [-0.3, -0.25) is 0 Å². The lowest BCUT2D eigenvalue weighted by Crippen LogP contribution is -2.35. The van der Waals surface area contributed by atoms with Crippen LogP contribution in [0.1, 0.15) is 6.92 Å². The number of anilines is 1. The predicted octanol–water partition coefficient (Wildman–Crippen LogP) is 1.23. The number of sulfonamides is 1. The first-order valence-corrected chi connectivity index (χ1v) is 6.89. The lowest BCUT2D eigenvalue weighted by Gasteiger charge is -2.12. The molecule has 1 atom stereocenters. The van der Waals surface area contributed by atoms with Gasteiger partial charge in [-0.25, -0.2) is 13.1 Å². The van der Waals surface area contributed by atoms with Crippen molar-refractivity contribution in [1.29, 1.82) is 0 Å². The molecular formula is C9H12Cl2N2O3S. The quantitative estimate of drug-likeness (QED) is 0.729. The van der Waals surface area contributed by atoms with Crippen LogP contribution >= 0.6 is 23.2 Å². The van der Waals surface area contributed by atoms with Crippen LogP contribution in [0.2, 0.25) is 10.0 Å². The van der Waals surface area contributed by atoms with E-state index in [0.29, 0.717) is 0 Å². The van der Waals surface area contributed by atoms with Gasteiger partial charge < -0.3 is 10.8 Å². The zero-order valence-electron chi connectivity index (χ0n) is 8.94. The second-order valence-electron chi connectivity index (χ2n) is 3.51. The summed E-state index contributed by atoms with van der Waals surface area (Å²) >= 11 is 11.5. The van der Waals surface area contributed by atoms with Crippen molar-refractivity contribution in [3.05, 3.63) is 22.2 Å². The van der Waals surface area contributed by atoms with Gasteiger partial charge in [-0.05, 0) is 19.1 Å². The van der Waals surface area contributed by atoms with Crippen LogP contribution in [0.15, 0.2) is 17.0 Å². The highest BCUT2D eigenvalue weighted by Gasteiger charge is 2.19. The number of benzene rings is 1. The summed E-state index contributed by atoms with van der Waals surface area (Å²) in [4.78, 5) is -0.0954. The largest absolute Gasteiger partial charge is 0.396 e. The van der Waals surface area contributed by atoms with Crippen LogP contribution in [0.5, 0.6) is 0 Å². The molecule has 0 amide bonds. The Hall–Kier alpha value is -0.530. The van der Waals surface area contributed by atoms with Crippen LogP contribution < -0.4 is 10.5 Å². The molecule has 0 unspecified atom stereocenters. The molecule has 96 valence electrons. The molecule has 5 nitrogen and oxygen atoms in total. The first-order valence-electron chi connectivity index (χ1n) is 4.65. The Morgan fingerprint density at radius 2 is 1.88 bits per heavy atom. The van der Waals surface area contributed by atoms with Gasteiger partial charge in [0, 0.05) is 6.04 Å². The monoisotopic (exact) mass is 298 g/mol. The summed E-state index contributed by atoms with van der Waals surface area (Å²) in [6, 6.07) is 1.81. The molecule has 17 heavy (non-hydrogen) atoms. The summed E-state index contributed by atoms with van der Waals surface area (Å²) in [5.41, 5.74) is 5.63. The summed E-state index contributed by atoms with van der Waals surface area (Å²) in [5.74, 6) is 0. The van der Waals surface area contributed by atoms with Crippen molar-refractivity contribution in [2.24, 2.45) is 0 Å². The normalized spacial score (nSPS) is 13.6. The number of rotatable bonds is 4. The van der Waals surface area contributed by atoms with Gasteiger partial charge >= 0.3 is 0 Å². The standard InChI is InChI=1S/C9H12Cl2N2O3S/c1-5(4-14)13-17(15,16)6-2-7(10)9(12)8(11)3-6/h2-3,5,13-14H,4,12H2,1H3/t5-/m1/s1. The van der Waals surface area contributed by atoms with Gasteiger partial charge in [0.25, 0.3) is 0 Å². The Morgan fingerprint density at radius 1 is 1.41 bits per heavy atom. The fraction of sp³-hybridized carbons (Fsp3) is 0.333. The number of nitrogen functional groups attached to an aromatic ring is 1. The molecule has 1 aromatic carbocycles. The fourth-order valence-electron chi connectivity index (χ4n) is 1.09. The second-order valence-corrected chi connectivity index (χ2v) is 6.03. The topological polar surface area (TPSA) is 92.4 Å². The van der Waals surface area contributed by atoms with E-state index in [0.717, 1.165) is 0 Å². The van der Waals surface area contributed by atoms with Crippen LogP contribution in [-0.4, -0.2) is 26.2 Å². The SMILES string of the molecule is C[C@H](CO)NS(=O)(=O)c1cc(Cl)c(N)c(Cl)c1. The van der Waals surface area contributed by atoms with Crippen LogP contribution in [0.4, 0.5) is 5.69 Å². The molecule has 4 N–H and O–H groups in total. The molecule has 1 rings (SSSR count). The van der Waals surface area contributed by atoms with Crippen LogP contribution in [0.25, 0.3) is 0 Å². The van der Waals surface area contributed by atoms with Gasteiger partial charge in [-0.1, -0.05) is 23.2 Å². The number of hydrogen-bond acceptors (Lipinski definition) is 4. The fourth-order valence-corrected chi connectivity index (χ4v) is 2.99. The van der Waals surface area contributed by atoms with Gasteiger partial charge in [-0.15, -0.1) is 0 Å². The molecule has 0 heterocycles. The molecular weight excluding hydrogens is 287 g/mol. The third-order valence-electron chi connectivity index (χ3n) is 1.99. The summed E-state index contributed by atoms with van der Waals surface area (Å²) in [6.07, 6.45) is 0. The van der Waals surface area contributed by atoms with Crippen LogP contribution in [-0.2, 0) is 10.0 Å². The zero-order chi connectivity index (χ0) is 13.2. The van der Waals surface area contributed by atoms with E-state index in [1.54, 1.807) is 0 Å². The minimum Gasteiger partial charge on any atom is -0.396 e. The molecule has 0 saturated heterocycles. The average Bonchev–Trinajstić information content (AvgIpc) is 2.24. The molecule has 0 aromatic heterocycles. The Morgan fingerprint density at radius 3 is 2.29 bits per heavy atom. The van der Waals surface area contributed by atoms with Crippen molar-refractivity contribution in [1.82, 2.24) is 4.72 Å². The minimum atomic E-state index is -3.77. The van der Waals surface area contributed by atoms with E-state index in [1.807, 2.05) is 0 Å². The van der Waals surface area contributed by atoms with Gasteiger partial charge in [0.05, 0.1) is 27.2 Å². The second kappa shape index (κ2) is 5.41. The predicted molar refractivity (Wildman–Crippen MR) is 67.7 cm³/mol. The van der Waals surface area contributed by atoms with E-state index < -0.39 is 16.1 Å². The number of nitrogens with one attached hydrogen (secondary N) is 1. The highest BCUT2D eigenvalue weighted by molar-refractivity contribution is 7.89. The van der Waals surface area contributed by atoms with Crippen LogP contribution in [0, 0.1) is 0 Å². The van der Waals surface area contributed by atoms with Crippen molar-refractivity contribution >= 4 is 38.9 Å². The lowest BCUT2D eigenvalue weighted by atomic mass is 10.3. The first kappa shape index (κ1) is 14.5. The Bertz CT molecular complexity index is 496. The number of aliphatic hydroxyl groups is 1. The molecule has 1 aromatic rings. The van der Waals surface area contributed by atoms with Gasteiger partial charge in [-0.2, -0.15) is 0 Å². The van der Waals surface area contributed by atoms with E-state index in [9.17, 15) is 8.42 Å². The smallest absolute Gasteiger partial charge is 0.240 e. The maximum atomic E-state index is 11.8. The third-order valence-corrected chi connectivity index (χ3v) is 4.19. The van der Waals surface area contributed by atoms with Gasteiger partial charge in [0.1, 0.15) is 0 Å².